The minimum absolute atomic E-state index is 0.292. The summed E-state index contributed by atoms with van der Waals surface area (Å²) in [7, 11) is 0. The van der Waals surface area contributed by atoms with Gasteiger partial charge in [0.25, 0.3) is 0 Å². The highest BCUT2D eigenvalue weighted by Crippen LogP contribution is 2.45. The molecule has 29 heavy (non-hydrogen) atoms. The molecule has 1 aliphatic rings. The lowest BCUT2D eigenvalue weighted by Gasteiger charge is -2.48. The van der Waals surface area contributed by atoms with Crippen molar-refractivity contribution in [2.45, 2.75) is 25.8 Å². The Bertz CT molecular complexity index is 1080. The van der Waals surface area contributed by atoms with Crippen LogP contribution in [-0.4, -0.2) is 22.7 Å². The Hall–Kier alpha value is -3.05. The number of carbonyl (C=O) groups is 1. The molecule has 4 rings (SSSR count). The van der Waals surface area contributed by atoms with Gasteiger partial charge in [0, 0.05) is 17.5 Å². The minimum Gasteiger partial charge on any atom is -0.508 e. The van der Waals surface area contributed by atoms with E-state index in [2.05, 4.69) is 42.3 Å². The number of benzene rings is 2. The van der Waals surface area contributed by atoms with Crippen molar-refractivity contribution in [3.05, 3.63) is 87.1 Å². The lowest BCUT2D eigenvalue weighted by atomic mass is 9.76. The number of aryl methyl sites for hydroxylation is 1. The van der Waals surface area contributed by atoms with Crippen molar-refractivity contribution in [2.75, 3.05) is 11.4 Å². The summed E-state index contributed by atoms with van der Waals surface area (Å²) in [5.41, 5.74) is 5.14. The summed E-state index contributed by atoms with van der Waals surface area (Å²) in [6, 6.07) is 15.9. The van der Waals surface area contributed by atoms with Crippen LogP contribution < -0.4 is 4.90 Å². The number of carboxylic acid groups (broad SMARTS) is 1. The van der Waals surface area contributed by atoms with Gasteiger partial charge in [0.15, 0.2) is 0 Å². The zero-order chi connectivity index (χ0) is 20.6. The second-order valence-electron chi connectivity index (χ2n) is 7.47. The van der Waals surface area contributed by atoms with E-state index in [1.807, 2.05) is 24.3 Å². The van der Waals surface area contributed by atoms with Crippen molar-refractivity contribution in [1.82, 2.24) is 0 Å². The molecule has 0 amide bonds. The van der Waals surface area contributed by atoms with Gasteiger partial charge in [0.1, 0.15) is 5.75 Å². The van der Waals surface area contributed by atoms with Gasteiger partial charge in [-0.15, -0.1) is 11.3 Å². The van der Waals surface area contributed by atoms with Crippen LogP contribution in [0.5, 0.6) is 5.75 Å². The van der Waals surface area contributed by atoms with E-state index in [0.717, 1.165) is 35.7 Å². The number of aliphatic carboxylic acids is 1. The van der Waals surface area contributed by atoms with Gasteiger partial charge in [0.2, 0.25) is 0 Å². The number of thiophene rings is 1. The molecule has 0 unspecified atom stereocenters. The monoisotopic (exact) mass is 405 g/mol. The van der Waals surface area contributed by atoms with Crippen LogP contribution in [0, 0.1) is 6.92 Å². The fourth-order valence-electron chi connectivity index (χ4n) is 4.28. The van der Waals surface area contributed by atoms with Crippen molar-refractivity contribution >= 4 is 29.1 Å². The summed E-state index contributed by atoms with van der Waals surface area (Å²) in [6.45, 7) is 5.22. The first kappa shape index (κ1) is 19.3. The zero-order valence-corrected chi connectivity index (χ0v) is 17.2. The van der Waals surface area contributed by atoms with E-state index >= 15 is 0 Å². The first-order valence-corrected chi connectivity index (χ1v) is 10.4. The molecule has 4 nitrogen and oxygen atoms in total. The number of anilines is 1. The van der Waals surface area contributed by atoms with Gasteiger partial charge in [-0.25, -0.2) is 4.79 Å². The van der Waals surface area contributed by atoms with Crippen LogP contribution >= 0.6 is 11.3 Å². The zero-order valence-electron chi connectivity index (χ0n) is 16.4. The number of phenols is 1. The Morgan fingerprint density at radius 2 is 1.93 bits per heavy atom. The third-order valence-corrected chi connectivity index (χ3v) is 6.61. The van der Waals surface area contributed by atoms with E-state index in [9.17, 15) is 9.90 Å². The molecule has 1 aliphatic heterocycles. The summed E-state index contributed by atoms with van der Waals surface area (Å²) in [6.07, 6.45) is 3.62. The molecule has 2 heterocycles. The molecule has 2 N–H and O–H groups in total. The maximum Gasteiger partial charge on any atom is 0.328 e. The van der Waals surface area contributed by atoms with E-state index in [1.54, 1.807) is 23.5 Å². The van der Waals surface area contributed by atoms with Gasteiger partial charge in [-0.3, -0.25) is 0 Å². The maximum absolute atomic E-state index is 10.8. The number of hydrogen-bond acceptors (Lipinski definition) is 4. The van der Waals surface area contributed by atoms with E-state index in [4.69, 9.17) is 5.11 Å². The third-order valence-electron chi connectivity index (χ3n) is 5.77. The SMILES string of the molecule is Cc1sccc1N1CCc2cc(O)ccc2[C@]1(C)c1ccc(/C=C/C(=O)O)cc1. The first-order valence-electron chi connectivity index (χ1n) is 9.55. The molecule has 0 bridgehead atoms. The number of carboxylic acids is 1. The van der Waals surface area contributed by atoms with Crippen LogP contribution in [0.2, 0.25) is 0 Å². The highest BCUT2D eigenvalue weighted by molar-refractivity contribution is 7.10. The predicted octanol–water partition coefficient (Wildman–Crippen LogP) is 5.19. The van der Waals surface area contributed by atoms with Crippen molar-refractivity contribution in [2.24, 2.45) is 0 Å². The Kier molecular flexibility index (Phi) is 4.92. The number of nitrogens with zero attached hydrogens (tertiary/aromatic N) is 1. The van der Waals surface area contributed by atoms with Gasteiger partial charge >= 0.3 is 5.97 Å². The summed E-state index contributed by atoms with van der Waals surface area (Å²) in [5.74, 6) is -0.665. The molecule has 1 aromatic heterocycles. The molecule has 0 fully saturated rings. The molecule has 148 valence electrons. The van der Waals surface area contributed by atoms with Crippen molar-refractivity contribution in [3.63, 3.8) is 0 Å². The highest BCUT2D eigenvalue weighted by atomic mass is 32.1. The van der Waals surface area contributed by atoms with Crippen molar-refractivity contribution in [3.8, 4) is 5.75 Å². The van der Waals surface area contributed by atoms with E-state index in [1.165, 1.54) is 16.1 Å². The Morgan fingerprint density at radius 3 is 2.59 bits per heavy atom. The fourth-order valence-corrected chi connectivity index (χ4v) is 4.98. The number of phenolic OH excluding ortho intramolecular Hbond substituents is 1. The van der Waals surface area contributed by atoms with Crippen LogP contribution in [0.4, 0.5) is 5.69 Å². The van der Waals surface area contributed by atoms with Gasteiger partial charge in [-0.05, 0) is 72.2 Å². The molecule has 1 atom stereocenters. The Morgan fingerprint density at radius 1 is 1.17 bits per heavy atom. The minimum atomic E-state index is -0.957. The molecular formula is C24H23NO3S. The van der Waals surface area contributed by atoms with Crippen LogP contribution in [0.3, 0.4) is 0 Å². The predicted molar refractivity (Wildman–Crippen MR) is 118 cm³/mol. The lowest BCUT2D eigenvalue weighted by molar-refractivity contribution is -0.131. The highest BCUT2D eigenvalue weighted by Gasteiger charge is 2.41. The number of rotatable bonds is 4. The van der Waals surface area contributed by atoms with Gasteiger partial charge < -0.3 is 15.1 Å². The molecule has 0 aliphatic carbocycles. The number of hydrogen-bond donors (Lipinski definition) is 2. The topological polar surface area (TPSA) is 60.8 Å². The summed E-state index contributed by atoms with van der Waals surface area (Å²) in [4.78, 5) is 14.5. The van der Waals surface area contributed by atoms with Crippen LogP contribution in [0.1, 0.15) is 34.1 Å². The van der Waals surface area contributed by atoms with E-state index < -0.39 is 11.5 Å². The number of aromatic hydroxyl groups is 1. The molecular weight excluding hydrogens is 382 g/mol. The summed E-state index contributed by atoms with van der Waals surface area (Å²) in [5, 5.41) is 21.0. The number of fused-ring (bicyclic) bond motifs is 1. The standard InChI is InChI=1S/C24H23NO3S/c1-16-22(12-14-29-16)25-13-11-18-15-20(26)8-9-21(18)24(25,2)19-6-3-17(4-7-19)5-10-23(27)28/h3-10,12,14-15,26H,11,13H2,1-2H3,(H,27,28)/b10-5+/t24-/m0/s1. The maximum atomic E-state index is 10.8. The summed E-state index contributed by atoms with van der Waals surface area (Å²) < 4.78 is 0. The normalized spacial score (nSPS) is 18.8. The average Bonchev–Trinajstić information content (AvgIpc) is 3.12. The van der Waals surface area contributed by atoms with Gasteiger partial charge in [-0.1, -0.05) is 30.3 Å². The Balaban J connectivity index is 1.85. The van der Waals surface area contributed by atoms with Crippen LogP contribution in [0.15, 0.2) is 60.0 Å². The Labute approximate surface area is 174 Å². The van der Waals surface area contributed by atoms with E-state index in [-0.39, 0.29) is 0 Å². The summed E-state index contributed by atoms with van der Waals surface area (Å²) >= 11 is 1.74. The second-order valence-corrected chi connectivity index (χ2v) is 8.59. The second kappa shape index (κ2) is 7.41. The molecule has 2 aromatic carbocycles. The molecule has 0 radical (unpaired) electrons. The third kappa shape index (κ3) is 3.42. The molecule has 5 heteroatoms. The van der Waals surface area contributed by atoms with Gasteiger partial charge in [0.05, 0.1) is 11.2 Å². The fraction of sp³-hybridized carbons (Fsp3) is 0.208. The van der Waals surface area contributed by atoms with Crippen molar-refractivity contribution < 1.29 is 15.0 Å². The first-order chi connectivity index (χ1) is 13.9. The largest absolute Gasteiger partial charge is 0.508 e. The quantitative estimate of drug-likeness (QED) is 0.587. The van der Waals surface area contributed by atoms with Crippen LogP contribution in [0.25, 0.3) is 6.08 Å². The van der Waals surface area contributed by atoms with Gasteiger partial charge in [-0.2, -0.15) is 0 Å². The molecule has 0 spiro atoms. The van der Waals surface area contributed by atoms with E-state index in [0.29, 0.717) is 5.75 Å². The average molecular weight is 406 g/mol. The molecule has 0 saturated heterocycles. The molecule has 0 saturated carbocycles. The lowest BCUT2D eigenvalue weighted by Crippen LogP contribution is -2.49. The smallest absolute Gasteiger partial charge is 0.328 e. The van der Waals surface area contributed by atoms with Crippen molar-refractivity contribution in [1.29, 1.82) is 0 Å². The molecule has 3 aromatic rings. The van der Waals surface area contributed by atoms with Crippen LogP contribution in [-0.2, 0) is 16.8 Å².